The number of aliphatic carboxylic acids is 1. The van der Waals surface area contributed by atoms with Crippen molar-refractivity contribution < 1.29 is 14.7 Å². The van der Waals surface area contributed by atoms with Crippen molar-refractivity contribution in [2.24, 2.45) is 0 Å². The molecule has 0 aromatic rings. The van der Waals surface area contributed by atoms with Crippen LogP contribution in [0.5, 0.6) is 0 Å². The first-order valence-electron chi connectivity index (χ1n) is 4.82. The molecule has 5 nitrogen and oxygen atoms in total. The van der Waals surface area contributed by atoms with Gasteiger partial charge in [0.15, 0.2) is 0 Å². The zero-order chi connectivity index (χ0) is 10.7. The van der Waals surface area contributed by atoms with Crippen LogP contribution in [0.15, 0.2) is 0 Å². The van der Waals surface area contributed by atoms with E-state index in [2.05, 4.69) is 5.32 Å². The van der Waals surface area contributed by atoms with Crippen LogP contribution in [0.2, 0.25) is 0 Å². The standard InChI is InChI=1S/C9H16N2O3/c1-3-6(2)11-5-7(9(13)14)10-4-8(11)12/h6-7,10H,3-5H2,1-2H3,(H,13,14). The number of nitrogens with zero attached hydrogens (tertiary/aromatic N) is 1. The molecule has 1 saturated heterocycles. The van der Waals surface area contributed by atoms with Gasteiger partial charge in [-0.15, -0.1) is 0 Å². The summed E-state index contributed by atoms with van der Waals surface area (Å²) in [6.07, 6.45) is 0.845. The van der Waals surface area contributed by atoms with Gasteiger partial charge < -0.3 is 10.0 Å². The topological polar surface area (TPSA) is 69.6 Å². The summed E-state index contributed by atoms with van der Waals surface area (Å²) in [4.78, 5) is 23.8. The summed E-state index contributed by atoms with van der Waals surface area (Å²) < 4.78 is 0. The quantitative estimate of drug-likeness (QED) is 0.654. The van der Waals surface area contributed by atoms with Gasteiger partial charge in [0.25, 0.3) is 0 Å². The number of carbonyl (C=O) groups excluding carboxylic acids is 1. The molecule has 2 N–H and O–H groups in total. The number of carbonyl (C=O) groups is 2. The van der Waals surface area contributed by atoms with E-state index in [-0.39, 0.29) is 25.0 Å². The molecule has 2 unspecified atom stereocenters. The van der Waals surface area contributed by atoms with Gasteiger partial charge in [-0.25, -0.2) is 0 Å². The summed E-state index contributed by atoms with van der Waals surface area (Å²) in [7, 11) is 0. The van der Waals surface area contributed by atoms with E-state index < -0.39 is 12.0 Å². The lowest BCUT2D eigenvalue weighted by molar-refractivity contribution is -0.145. The maximum atomic E-state index is 11.4. The summed E-state index contributed by atoms with van der Waals surface area (Å²) in [5.41, 5.74) is 0. The van der Waals surface area contributed by atoms with E-state index >= 15 is 0 Å². The van der Waals surface area contributed by atoms with Crippen molar-refractivity contribution in [2.75, 3.05) is 13.1 Å². The molecule has 0 bridgehead atoms. The van der Waals surface area contributed by atoms with Crippen LogP contribution >= 0.6 is 0 Å². The van der Waals surface area contributed by atoms with Gasteiger partial charge in [-0.05, 0) is 13.3 Å². The number of rotatable bonds is 3. The summed E-state index contributed by atoms with van der Waals surface area (Å²) in [5, 5.41) is 11.5. The van der Waals surface area contributed by atoms with Crippen molar-refractivity contribution >= 4 is 11.9 Å². The summed E-state index contributed by atoms with van der Waals surface area (Å²) in [6, 6.07) is -0.506. The van der Waals surface area contributed by atoms with Crippen LogP contribution in [0.3, 0.4) is 0 Å². The van der Waals surface area contributed by atoms with Crippen molar-refractivity contribution in [1.82, 2.24) is 10.2 Å². The molecule has 1 aliphatic heterocycles. The molecule has 0 aromatic heterocycles. The van der Waals surface area contributed by atoms with Crippen molar-refractivity contribution in [3.63, 3.8) is 0 Å². The van der Waals surface area contributed by atoms with Gasteiger partial charge in [0, 0.05) is 12.6 Å². The van der Waals surface area contributed by atoms with E-state index in [4.69, 9.17) is 5.11 Å². The molecule has 0 saturated carbocycles. The molecule has 5 heteroatoms. The molecule has 0 spiro atoms. The van der Waals surface area contributed by atoms with Crippen LogP contribution in [-0.4, -0.2) is 47.1 Å². The number of amides is 1. The second-order valence-electron chi connectivity index (χ2n) is 3.58. The number of nitrogens with one attached hydrogen (secondary N) is 1. The summed E-state index contributed by atoms with van der Waals surface area (Å²) in [5.74, 6) is -0.914. The predicted octanol–water partition coefficient (Wildman–Crippen LogP) is -0.330. The molecule has 0 radical (unpaired) electrons. The first-order valence-corrected chi connectivity index (χ1v) is 4.82. The van der Waals surface area contributed by atoms with Gasteiger partial charge in [-0.1, -0.05) is 6.92 Å². The van der Waals surface area contributed by atoms with Gasteiger partial charge in [-0.3, -0.25) is 14.9 Å². The van der Waals surface area contributed by atoms with Crippen LogP contribution < -0.4 is 5.32 Å². The minimum absolute atomic E-state index is 0.0168. The number of carboxylic acids is 1. The molecule has 1 aliphatic rings. The van der Waals surface area contributed by atoms with Crippen LogP contribution in [-0.2, 0) is 9.59 Å². The largest absolute Gasteiger partial charge is 0.480 e. The molecule has 1 rings (SSSR count). The molecule has 1 heterocycles. The highest BCUT2D eigenvalue weighted by Crippen LogP contribution is 2.08. The SMILES string of the molecule is CCC(C)N1CC(C(=O)O)NCC1=O. The van der Waals surface area contributed by atoms with Gasteiger partial charge in [0.1, 0.15) is 6.04 Å². The van der Waals surface area contributed by atoms with E-state index in [0.717, 1.165) is 6.42 Å². The molecule has 80 valence electrons. The average molecular weight is 200 g/mol. The molecule has 0 aromatic carbocycles. The number of hydrogen-bond donors (Lipinski definition) is 2. The van der Waals surface area contributed by atoms with Crippen LogP contribution in [0, 0.1) is 0 Å². The molecular formula is C9H16N2O3. The van der Waals surface area contributed by atoms with E-state index in [9.17, 15) is 9.59 Å². The zero-order valence-corrected chi connectivity index (χ0v) is 8.49. The Morgan fingerprint density at radius 2 is 2.43 bits per heavy atom. The fourth-order valence-corrected chi connectivity index (χ4v) is 1.49. The normalized spacial score (nSPS) is 24.9. The predicted molar refractivity (Wildman–Crippen MR) is 50.9 cm³/mol. The number of piperazine rings is 1. The Balaban J connectivity index is 2.64. The second-order valence-corrected chi connectivity index (χ2v) is 3.58. The summed E-state index contributed by atoms with van der Waals surface area (Å²) in [6.45, 7) is 4.31. The number of carboxylic acid groups (broad SMARTS) is 1. The molecule has 1 amide bonds. The highest BCUT2D eigenvalue weighted by atomic mass is 16.4. The second kappa shape index (κ2) is 4.41. The lowest BCUT2D eigenvalue weighted by Gasteiger charge is -2.35. The van der Waals surface area contributed by atoms with E-state index in [1.54, 1.807) is 4.90 Å². The van der Waals surface area contributed by atoms with Crippen LogP contribution in [0.1, 0.15) is 20.3 Å². The molecule has 1 fully saturated rings. The Morgan fingerprint density at radius 1 is 1.79 bits per heavy atom. The Labute approximate surface area is 83.1 Å². The molecule has 2 atom stereocenters. The van der Waals surface area contributed by atoms with E-state index in [0.29, 0.717) is 0 Å². The van der Waals surface area contributed by atoms with Crippen LogP contribution in [0.25, 0.3) is 0 Å². The summed E-state index contributed by atoms with van der Waals surface area (Å²) >= 11 is 0. The smallest absolute Gasteiger partial charge is 0.322 e. The lowest BCUT2D eigenvalue weighted by Crippen LogP contribution is -2.59. The molecule has 0 aliphatic carbocycles. The van der Waals surface area contributed by atoms with Gasteiger partial charge in [0.2, 0.25) is 5.91 Å². The maximum Gasteiger partial charge on any atom is 0.322 e. The monoisotopic (exact) mass is 200 g/mol. The third-order valence-electron chi connectivity index (χ3n) is 2.62. The Bertz CT molecular complexity index is 242. The third kappa shape index (κ3) is 2.23. The molecule has 14 heavy (non-hydrogen) atoms. The first-order chi connectivity index (χ1) is 6.56. The highest BCUT2D eigenvalue weighted by molar-refractivity contribution is 5.83. The van der Waals surface area contributed by atoms with Crippen molar-refractivity contribution in [1.29, 1.82) is 0 Å². The third-order valence-corrected chi connectivity index (χ3v) is 2.62. The fraction of sp³-hybridized carbons (Fsp3) is 0.778. The van der Waals surface area contributed by atoms with Gasteiger partial charge in [0.05, 0.1) is 6.54 Å². The average Bonchev–Trinajstić information content (AvgIpc) is 2.17. The van der Waals surface area contributed by atoms with E-state index in [1.807, 2.05) is 13.8 Å². The van der Waals surface area contributed by atoms with Crippen molar-refractivity contribution in [2.45, 2.75) is 32.4 Å². The van der Waals surface area contributed by atoms with E-state index in [1.165, 1.54) is 0 Å². The zero-order valence-electron chi connectivity index (χ0n) is 8.49. The maximum absolute atomic E-state index is 11.4. The fourth-order valence-electron chi connectivity index (χ4n) is 1.49. The van der Waals surface area contributed by atoms with Gasteiger partial charge >= 0.3 is 5.97 Å². The number of hydrogen-bond acceptors (Lipinski definition) is 3. The first kappa shape index (κ1) is 11.0. The van der Waals surface area contributed by atoms with Crippen LogP contribution in [0.4, 0.5) is 0 Å². The lowest BCUT2D eigenvalue weighted by atomic mass is 10.1. The molecular weight excluding hydrogens is 184 g/mol. The highest BCUT2D eigenvalue weighted by Gasteiger charge is 2.31. The Morgan fingerprint density at radius 3 is 2.93 bits per heavy atom. The van der Waals surface area contributed by atoms with Gasteiger partial charge in [-0.2, -0.15) is 0 Å². The minimum Gasteiger partial charge on any atom is -0.480 e. The minimum atomic E-state index is -0.897. The Hall–Kier alpha value is -1.10. The van der Waals surface area contributed by atoms with Crippen molar-refractivity contribution in [3.05, 3.63) is 0 Å². The Kier molecular flexibility index (Phi) is 3.46. The van der Waals surface area contributed by atoms with Crippen molar-refractivity contribution in [3.8, 4) is 0 Å².